The number of methoxy groups -OCH3 is 1. The minimum Gasteiger partial charge on any atom is -0.497 e. The molecule has 0 aliphatic heterocycles. The molecule has 0 unspecified atom stereocenters. The summed E-state index contributed by atoms with van der Waals surface area (Å²) in [5.74, 6) is 0.904. The fraction of sp³-hybridized carbons (Fsp3) is 0.0769. The number of benzene rings is 4. The van der Waals surface area contributed by atoms with Gasteiger partial charge in [-0.3, -0.25) is 0 Å². The molecule has 0 N–H and O–H groups in total. The molecule has 0 aliphatic rings. The van der Waals surface area contributed by atoms with Gasteiger partial charge < -0.3 is 4.74 Å². The van der Waals surface area contributed by atoms with Crippen LogP contribution in [0.5, 0.6) is 5.75 Å². The Bertz CT molecular complexity index is 974. The molecule has 0 radical (unpaired) electrons. The molecule has 0 heterocycles. The molecule has 0 fully saturated rings. The Morgan fingerprint density at radius 3 is 1.61 bits per heavy atom. The van der Waals surface area contributed by atoms with Crippen LogP contribution in [0.4, 0.5) is 0 Å². The maximum absolute atomic E-state index is 5.59. The Morgan fingerprint density at radius 1 is 0.571 bits per heavy atom. The molecule has 0 amide bonds. The Morgan fingerprint density at radius 2 is 1.07 bits per heavy atom. The lowest BCUT2D eigenvalue weighted by Crippen LogP contribution is -2.32. The smallest absolute Gasteiger partial charge is 0.122 e. The molecule has 28 heavy (non-hydrogen) atoms. The van der Waals surface area contributed by atoms with Gasteiger partial charge in [-0.2, -0.15) is 0 Å². The SMILES string of the molecule is COc1cccc([P+](Cc2ccccc2)(c2ccccc2)c2ccccc2)c1. The van der Waals surface area contributed by atoms with E-state index in [4.69, 9.17) is 4.74 Å². The average Bonchev–Trinajstić information content (AvgIpc) is 2.79. The van der Waals surface area contributed by atoms with E-state index in [1.807, 2.05) is 6.07 Å². The predicted octanol–water partition coefficient (Wildman–Crippen LogP) is 5.19. The highest BCUT2D eigenvalue weighted by molar-refractivity contribution is 7.95. The van der Waals surface area contributed by atoms with Crippen molar-refractivity contribution in [3.8, 4) is 5.75 Å². The molecule has 4 aromatic rings. The first kappa shape index (κ1) is 18.5. The van der Waals surface area contributed by atoms with Crippen molar-refractivity contribution in [3.05, 3.63) is 121 Å². The zero-order chi connectivity index (χ0) is 19.2. The quantitative estimate of drug-likeness (QED) is 0.417. The third-order valence-electron chi connectivity index (χ3n) is 5.15. The largest absolute Gasteiger partial charge is 0.497 e. The summed E-state index contributed by atoms with van der Waals surface area (Å²) < 4.78 is 5.59. The molecule has 0 bridgehead atoms. The van der Waals surface area contributed by atoms with Crippen LogP contribution in [0.3, 0.4) is 0 Å². The van der Waals surface area contributed by atoms with E-state index in [2.05, 4.69) is 109 Å². The van der Waals surface area contributed by atoms with Crippen molar-refractivity contribution in [2.24, 2.45) is 0 Å². The Hall–Kier alpha value is -2.89. The average molecular weight is 383 g/mol. The molecule has 4 rings (SSSR count). The fourth-order valence-electron chi connectivity index (χ4n) is 3.79. The normalized spacial score (nSPS) is 11.2. The van der Waals surface area contributed by atoms with Crippen molar-refractivity contribution < 1.29 is 4.74 Å². The molecule has 0 aliphatic carbocycles. The second-order valence-corrected chi connectivity index (χ2v) is 10.3. The first-order valence-corrected chi connectivity index (χ1v) is 11.5. The van der Waals surface area contributed by atoms with E-state index in [0.29, 0.717) is 0 Å². The molecular weight excluding hydrogens is 359 g/mol. The second-order valence-electron chi connectivity index (χ2n) is 6.83. The zero-order valence-corrected chi connectivity index (χ0v) is 16.9. The van der Waals surface area contributed by atoms with Gasteiger partial charge in [-0.05, 0) is 42.0 Å². The van der Waals surface area contributed by atoms with Crippen molar-refractivity contribution in [2.45, 2.75) is 6.16 Å². The summed E-state index contributed by atoms with van der Waals surface area (Å²) in [5, 5.41) is 4.12. The standard InChI is InChI=1S/C26H24OP/c1-27-23-14-11-19-26(20-23)28(24-15-7-3-8-16-24,25-17-9-4-10-18-25)21-22-12-5-2-6-13-22/h2-20H,21H2,1H3/q+1. The first-order valence-electron chi connectivity index (χ1n) is 9.51. The topological polar surface area (TPSA) is 9.23 Å². The highest BCUT2D eigenvalue weighted by Crippen LogP contribution is 2.58. The van der Waals surface area contributed by atoms with Gasteiger partial charge in [0, 0.05) is 6.07 Å². The minimum absolute atomic E-state index is 0.904. The third kappa shape index (κ3) is 3.59. The van der Waals surface area contributed by atoms with Crippen molar-refractivity contribution in [1.29, 1.82) is 0 Å². The molecule has 138 valence electrons. The number of hydrogen-bond acceptors (Lipinski definition) is 1. The lowest BCUT2D eigenvalue weighted by atomic mass is 10.2. The molecule has 0 spiro atoms. The van der Waals surface area contributed by atoms with Crippen LogP contribution in [-0.4, -0.2) is 7.11 Å². The number of hydrogen-bond donors (Lipinski definition) is 0. The van der Waals surface area contributed by atoms with Gasteiger partial charge in [0.15, 0.2) is 0 Å². The highest BCUT2D eigenvalue weighted by atomic mass is 31.2. The lowest BCUT2D eigenvalue weighted by molar-refractivity contribution is 0.415. The molecular formula is C26H24OP+. The molecule has 4 aromatic carbocycles. The molecule has 2 heteroatoms. The Balaban J connectivity index is 2.01. The highest BCUT2D eigenvalue weighted by Gasteiger charge is 2.45. The van der Waals surface area contributed by atoms with E-state index in [0.717, 1.165) is 11.9 Å². The summed E-state index contributed by atoms with van der Waals surface area (Å²) in [5.41, 5.74) is 1.35. The fourth-order valence-corrected chi connectivity index (χ4v) is 8.04. The third-order valence-corrected chi connectivity index (χ3v) is 9.51. The van der Waals surface area contributed by atoms with Crippen LogP contribution in [0.25, 0.3) is 0 Å². The molecule has 0 saturated carbocycles. The summed E-state index contributed by atoms with van der Waals surface area (Å²) in [6.07, 6.45) is 0.981. The molecule has 1 nitrogen and oxygen atoms in total. The summed E-state index contributed by atoms with van der Waals surface area (Å²) in [6, 6.07) is 41.4. The van der Waals surface area contributed by atoms with Gasteiger partial charge in [0.1, 0.15) is 28.9 Å². The summed E-state index contributed by atoms with van der Waals surface area (Å²) in [4.78, 5) is 0. The van der Waals surface area contributed by atoms with Gasteiger partial charge >= 0.3 is 0 Å². The monoisotopic (exact) mass is 383 g/mol. The maximum atomic E-state index is 5.59. The first-order chi connectivity index (χ1) is 13.8. The summed E-state index contributed by atoms with van der Waals surface area (Å²) in [7, 11) is -0.158. The minimum atomic E-state index is -1.90. The van der Waals surface area contributed by atoms with Gasteiger partial charge in [-0.15, -0.1) is 0 Å². The zero-order valence-electron chi connectivity index (χ0n) is 16.0. The van der Waals surface area contributed by atoms with Gasteiger partial charge in [-0.25, -0.2) is 0 Å². The van der Waals surface area contributed by atoms with Crippen molar-refractivity contribution in [1.82, 2.24) is 0 Å². The van der Waals surface area contributed by atoms with Crippen LogP contribution in [0.15, 0.2) is 115 Å². The van der Waals surface area contributed by atoms with Crippen LogP contribution in [0, 0.1) is 0 Å². The Labute approximate surface area is 168 Å². The van der Waals surface area contributed by atoms with Gasteiger partial charge in [-0.1, -0.05) is 72.8 Å². The lowest BCUT2D eigenvalue weighted by Gasteiger charge is -2.28. The van der Waals surface area contributed by atoms with E-state index < -0.39 is 7.26 Å². The van der Waals surface area contributed by atoms with Crippen LogP contribution in [-0.2, 0) is 6.16 Å². The van der Waals surface area contributed by atoms with E-state index in [1.165, 1.54) is 21.5 Å². The van der Waals surface area contributed by atoms with Gasteiger partial charge in [0.2, 0.25) is 0 Å². The summed E-state index contributed by atoms with van der Waals surface area (Å²) in [6.45, 7) is 0. The van der Waals surface area contributed by atoms with Gasteiger partial charge in [0.25, 0.3) is 0 Å². The molecule has 0 atom stereocenters. The number of ether oxygens (including phenoxy) is 1. The van der Waals surface area contributed by atoms with E-state index >= 15 is 0 Å². The van der Waals surface area contributed by atoms with Crippen LogP contribution in [0.1, 0.15) is 5.56 Å². The Kier molecular flexibility index (Phi) is 5.55. The van der Waals surface area contributed by atoms with Crippen molar-refractivity contribution >= 4 is 23.2 Å². The van der Waals surface area contributed by atoms with E-state index in [-0.39, 0.29) is 0 Å². The van der Waals surface area contributed by atoms with Crippen molar-refractivity contribution in [3.63, 3.8) is 0 Å². The summed E-state index contributed by atoms with van der Waals surface area (Å²) >= 11 is 0. The molecule has 0 aromatic heterocycles. The van der Waals surface area contributed by atoms with Crippen molar-refractivity contribution in [2.75, 3.05) is 7.11 Å². The van der Waals surface area contributed by atoms with E-state index in [1.54, 1.807) is 7.11 Å². The van der Waals surface area contributed by atoms with Crippen LogP contribution in [0.2, 0.25) is 0 Å². The predicted molar refractivity (Wildman–Crippen MR) is 122 cm³/mol. The maximum Gasteiger partial charge on any atom is 0.122 e. The van der Waals surface area contributed by atoms with Crippen LogP contribution >= 0.6 is 7.26 Å². The van der Waals surface area contributed by atoms with E-state index in [9.17, 15) is 0 Å². The number of rotatable bonds is 6. The second kappa shape index (κ2) is 8.42. The van der Waals surface area contributed by atoms with Crippen LogP contribution < -0.4 is 20.7 Å². The van der Waals surface area contributed by atoms with Gasteiger partial charge in [0.05, 0.1) is 13.3 Å². The molecule has 0 saturated heterocycles.